The lowest BCUT2D eigenvalue weighted by atomic mass is 9.65. The van der Waals surface area contributed by atoms with Gasteiger partial charge in [0.05, 0.1) is 25.4 Å². The Morgan fingerprint density at radius 2 is 1.97 bits per heavy atom. The fourth-order valence-corrected chi connectivity index (χ4v) is 5.75. The number of benzene rings is 2. The third-order valence-corrected chi connectivity index (χ3v) is 7.53. The number of ether oxygens (including phenoxy) is 3. The lowest BCUT2D eigenvalue weighted by molar-refractivity contribution is -0.175. The molecule has 0 spiro atoms. The SMILES string of the molecule is COCC(C)(C)c1c(C2CC(OC)(C(=O)O)C2)c2c(F)c3[nH]ncc3cc2n1-c1ccc(F)c(OC)c1. The van der Waals surface area contributed by atoms with E-state index in [4.69, 9.17) is 14.2 Å². The summed E-state index contributed by atoms with van der Waals surface area (Å²) in [6, 6.07) is 6.33. The van der Waals surface area contributed by atoms with Gasteiger partial charge in [0.2, 0.25) is 0 Å². The van der Waals surface area contributed by atoms with Crippen LogP contribution in [0.25, 0.3) is 27.5 Å². The number of nitrogens with one attached hydrogen (secondary N) is 1. The molecule has 2 aromatic heterocycles. The molecular formula is C27H29F2N3O5. The molecule has 0 aliphatic heterocycles. The van der Waals surface area contributed by atoms with Crippen LogP contribution in [-0.2, 0) is 19.7 Å². The van der Waals surface area contributed by atoms with E-state index in [-0.39, 0.29) is 30.0 Å². The first-order chi connectivity index (χ1) is 17.6. The second kappa shape index (κ2) is 8.81. The molecule has 8 nitrogen and oxygen atoms in total. The van der Waals surface area contributed by atoms with Crippen molar-refractivity contribution in [3.8, 4) is 11.4 Å². The highest BCUT2D eigenvalue weighted by Crippen LogP contribution is 2.53. The van der Waals surface area contributed by atoms with Gasteiger partial charge in [0.1, 0.15) is 5.52 Å². The standard InChI is InChI=1S/C27H29F2N3O5/c1-26(2,13-35-3)24-20(15-10-27(11-15,37-5)25(33)34)21-18(8-14-12-30-31-23(14)22(21)29)32(24)16-6-7-17(28)19(9-16)36-4/h6-9,12,15H,10-11,13H2,1-5H3,(H,30,31)(H,33,34). The van der Waals surface area contributed by atoms with Crippen LogP contribution in [0.1, 0.15) is 43.9 Å². The number of carboxylic acid groups (broad SMARTS) is 1. The summed E-state index contributed by atoms with van der Waals surface area (Å²) in [5.41, 5.74) is 0.841. The lowest BCUT2D eigenvalue weighted by Gasteiger charge is -2.44. The maximum Gasteiger partial charge on any atom is 0.335 e. The predicted molar refractivity (Wildman–Crippen MR) is 134 cm³/mol. The first-order valence-electron chi connectivity index (χ1n) is 11.9. The van der Waals surface area contributed by atoms with E-state index >= 15 is 4.39 Å². The van der Waals surface area contributed by atoms with E-state index in [0.717, 1.165) is 5.69 Å². The molecular weight excluding hydrogens is 484 g/mol. The van der Waals surface area contributed by atoms with E-state index in [0.29, 0.717) is 34.1 Å². The number of methoxy groups -OCH3 is 3. The summed E-state index contributed by atoms with van der Waals surface area (Å²) in [5.74, 6) is -2.30. The van der Waals surface area contributed by atoms with Crippen LogP contribution in [0.4, 0.5) is 8.78 Å². The second-order valence-electron chi connectivity index (χ2n) is 10.3. The number of hydrogen-bond donors (Lipinski definition) is 2. The van der Waals surface area contributed by atoms with Crippen LogP contribution < -0.4 is 4.74 Å². The van der Waals surface area contributed by atoms with Crippen LogP contribution in [0.3, 0.4) is 0 Å². The molecule has 2 heterocycles. The van der Waals surface area contributed by atoms with Crippen molar-refractivity contribution in [2.45, 2.75) is 43.6 Å². The predicted octanol–water partition coefficient (Wildman–Crippen LogP) is 5.06. The van der Waals surface area contributed by atoms with Crippen molar-refractivity contribution in [2.75, 3.05) is 27.9 Å². The fraction of sp³-hybridized carbons (Fsp3) is 0.407. The Bertz CT molecular complexity index is 1520. The van der Waals surface area contributed by atoms with Gasteiger partial charge in [-0.05, 0) is 42.5 Å². The summed E-state index contributed by atoms with van der Waals surface area (Å²) in [4.78, 5) is 12.0. The van der Waals surface area contributed by atoms with Gasteiger partial charge >= 0.3 is 5.97 Å². The molecule has 1 saturated carbocycles. The minimum Gasteiger partial charge on any atom is -0.494 e. The Morgan fingerprint density at radius 3 is 2.59 bits per heavy atom. The molecule has 1 fully saturated rings. The van der Waals surface area contributed by atoms with Gasteiger partial charge in [-0.3, -0.25) is 5.10 Å². The first-order valence-corrected chi connectivity index (χ1v) is 11.9. The quantitative estimate of drug-likeness (QED) is 0.342. The van der Waals surface area contributed by atoms with Gasteiger partial charge in [0, 0.05) is 47.9 Å². The molecule has 5 rings (SSSR count). The van der Waals surface area contributed by atoms with Crippen molar-refractivity contribution >= 4 is 27.8 Å². The number of halogens is 2. The molecule has 0 atom stereocenters. The molecule has 0 bridgehead atoms. The van der Waals surface area contributed by atoms with Crippen LogP contribution >= 0.6 is 0 Å². The number of aromatic nitrogens is 3. The van der Waals surface area contributed by atoms with Crippen molar-refractivity contribution in [3.05, 3.63) is 53.4 Å². The number of aliphatic carboxylic acids is 1. The van der Waals surface area contributed by atoms with Crippen LogP contribution in [0.15, 0.2) is 30.5 Å². The minimum atomic E-state index is -1.34. The van der Waals surface area contributed by atoms with Crippen molar-refractivity contribution < 1.29 is 32.9 Å². The fourth-order valence-electron chi connectivity index (χ4n) is 5.75. The molecule has 2 N–H and O–H groups in total. The van der Waals surface area contributed by atoms with Crippen molar-refractivity contribution in [2.24, 2.45) is 0 Å². The molecule has 1 aliphatic carbocycles. The number of nitrogens with zero attached hydrogens (tertiary/aromatic N) is 2. The van der Waals surface area contributed by atoms with Crippen LogP contribution in [-0.4, -0.2) is 59.4 Å². The summed E-state index contributed by atoms with van der Waals surface area (Å²) in [6.45, 7) is 4.27. The van der Waals surface area contributed by atoms with E-state index in [2.05, 4.69) is 10.2 Å². The first kappa shape index (κ1) is 25.2. The van der Waals surface area contributed by atoms with E-state index in [9.17, 15) is 14.3 Å². The Hall–Kier alpha value is -3.50. The smallest absolute Gasteiger partial charge is 0.335 e. The van der Waals surface area contributed by atoms with E-state index in [1.165, 1.54) is 20.3 Å². The van der Waals surface area contributed by atoms with E-state index in [1.54, 1.807) is 25.4 Å². The van der Waals surface area contributed by atoms with Crippen LogP contribution in [0, 0.1) is 11.6 Å². The number of fused-ring (bicyclic) bond motifs is 2. The highest BCUT2D eigenvalue weighted by Gasteiger charge is 2.54. The summed E-state index contributed by atoms with van der Waals surface area (Å²) < 4.78 is 48.7. The lowest BCUT2D eigenvalue weighted by Crippen LogP contribution is -2.51. The molecule has 0 saturated heterocycles. The van der Waals surface area contributed by atoms with Gasteiger partial charge in [-0.25, -0.2) is 13.6 Å². The molecule has 0 unspecified atom stereocenters. The average molecular weight is 514 g/mol. The summed E-state index contributed by atoms with van der Waals surface area (Å²) in [7, 11) is 4.36. The molecule has 4 aromatic rings. The topological polar surface area (TPSA) is 98.6 Å². The maximum absolute atomic E-state index is 16.3. The van der Waals surface area contributed by atoms with Crippen molar-refractivity contribution in [3.63, 3.8) is 0 Å². The highest BCUT2D eigenvalue weighted by molar-refractivity contribution is 6.00. The third-order valence-electron chi connectivity index (χ3n) is 7.53. The van der Waals surface area contributed by atoms with Crippen LogP contribution in [0.5, 0.6) is 5.75 Å². The zero-order chi connectivity index (χ0) is 26.7. The third kappa shape index (κ3) is 3.69. The van der Waals surface area contributed by atoms with Crippen LogP contribution in [0.2, 0.25) is 0 Å². The number of hydrogen-bond acceptors (Lipinski definition) is 5. The second-order valence-corrected chi connectivity index (χ2v) is 10.3. The minimum absolute atomic E-state index is 0.0502. The summed E-state index contributed by atoms with van der Waals surface area (Å²) >= 11 is 0. The number of rotatable bonds is 8. The monoisotopic (exact) mass is 513 g/mol. The van der Waals surface area contributed by atoms with Gasteiger partial charge in [-0.1, -0.05) is 13.8 Å². The van der Waals surface area contributed by atoms with E-state index in [1.807, 2.05) is 24.5 Å². The zero-order valence-electron chi connectivity index (χ0n) is 21.3. The van der Waals surface area contributed by atoms with Gasteiger partial charge < -0.3 is 23.9 Å². The Labute approximate surface area is 212 Å². The number of H-pyrrole nitrogens is 1. The largest absolute Gasteiger partial charge is 0.494 e. The average Bonchev–Trinajstić information content (AvgIpc) is 3.43. The summed E-state index contributed by atoms with van der Waals surface area (Å²) in [5, 5.41) is 17.5. The number of carboxylic acids is 1. The molecule has 1 aliphatic rings. The maximum atomic E-state index is 16.3. The normalized spacial score (nSPS) is 19.9. The summed E-state index contributed by atoms with van der Waals surface area (Å²) in [6.07, 6.45) is 1.91. The van der Waals surface area contributed by atoms with Gasteiger partial charge in [0.25, 0.3) is 0 Å². The zero-order valence-corrected chi connectivity index (χ0v) is 21.3. The molecule has 37 heavy (non-hydrogen) atoms. The van der Waals surface area contributed by atoms with E-state index < -0.39 is 28.6 Å². The Kier molecular flexibility index (Phi) is 5.99. The van der Waals surface area contributed by atoms with Crippen molar-refractivity contribution in [1.82, 2.24) is 14.8 Å². The van der Waals surface area contributed by atoms with Gasteiger partial charge in [0.15, 0.2) is 23.0 Å². The number of aromatic amines is 1. The molecule has 0 amide bonds. The van der Waals surface area contributed by atoms with Gasteiger partial charge in [-0.15, -0.1) is 0 Å². The molecule has 0 radical (unpaired) electrons. The Morgan fingerprint density at radius 1 is 1.24 bits per heavy atom. The molecule has 2 aromatic carbocycles. The van der Waals surface area contributed by atoms with Crippen molar-refractivity contribution in [1.29, 1.82) is 0 Å². The Balaban J connectivity index is 1.89. The molecule has 10 heteroatoms. The number of carbonyl (C=O) groups is 1. The highest BCUT2D eigenvalue weighted by atomic mass is 19.1. The van der Waals surface area contributed by atoms with Gasteiger partial charge in [-0.2, -0.15) is 5.10 Å². The molecule has 196 valence electrons.